The number of benzene rings is 2. The van der Waals surface area contributed by atoms with Crippen LogP contribution >= 0.6 is 0 Å². The predicted octanol–water partition coefficient (Wildman–Crippen LogP) is 3.48. The van der Waals surface area contributed by atoms with Gasteiger partial charge in [0.25, 0.3) is 0 Å². The second-order valence-electron chi connectivity index (χ2n) is 6.28. The number of ketones is 1. The first-order valence-electron chi connectivity index (χ1n) is 8.27. The maximum atomic E-state index is 12.5. The van der Waals surface area contributed by atoms with E-state index in [-0.39, 0.29) is 11.7 Å². The van der Waals surface area contributed by atoms with Crippen LogP contribution in [0.25, 0.3) is 0 Å². The second-order valence-corrected chi connectivity index (χ2v) is 6.28. The third-order valence-electron chi connectivity index (χ3n) is 4.62. The smallest absolute Gasteiger partial charge is 0.335 e. The number of hydrogen-bond donors (Lipinski definition) is 1. The van der Waals surface area contributed by atoms with Gasteiger partial charge >= 0.3 is 5.97 Å². The van der Waals surface area contributed by atoms with Crippen LogP contribution in [0.1, 0.15) is 39.1 Å². The lowest BCUT2D eigenvalue weighted by molar-refractivity contribution is 0.0696. The van der Waals surface area contributed by atoms with Crippen molar-refractivity contribution in [1.82, 2.24) is 4.90 Å². The van der Waals surface area contributed by atoms with E-state index in [0.717, 1.165) is 43.6 Å². The Morgan fingerprint density at radius 3 is 2.12 bits per heavy atom. The van der Waals surface area contributed by atoms with Crippen molar-refractivity contribution in [2.24, 2.45) is 5.92 Å². The molecule has 0 amide bonds. The zero-order valence-corrected chi connectivity index (χ0v) is 13.5. The molecule has 2 aromatic carbocycles. The van der Waals surface area contributed by atoms with Gasteiger partial charge in [0, 0.05) is 18.0 Å². The Balaban J connectivity index is 1.53. The average molecular weight is 323 g/mol. The van der Waals surface area contributed by atoms with E-state index in [4.69, 9.17) is 5.11 Å². The van der Waals surface area contributed by atoms with E-state index in [9.17, 15) is 9.59 Å². The molecule has 1 aliphatic heterocycles. The van der Waals surface area contributed by atoms with Crippen LogP contribution in [0.4, 0.5) is 0 Å². The fourth-order valence-corrected chi connectivity index (χ4v) is 3.20. The molecule has 0 aromatic heterocycles. The van der Waals surface area contributed by atoms with Crippen LogP contribution in [0.15, 0.2) is 54.6 Å². The monoisotopic (exact) mass is 323 g/mol. The summed E-state index contributed by atoms with van der Waals surface area (Å²) >= 11 is 0. The molecule has 24 heavy (non-hydrogen) atoms. The number of carboxylic acids is 1. The lowest BCUT2D eigenvalue weighted by atomic mass is 9.89. The fraction of sp³-hybridized carbons (Fsp3) is 0.300. The topological polar surface area (TPSA) is 57.6 Å². The normalized spacial score (nSPS) is 16.0. The van der Waals surface area contributed by atoms with Crippen molar-refractivity contribution in [3.8, 4) is 0 Å². The molecule has 0 bridgehead atoms. The van der Waals surface area contributed by atoms with Crippen LogP contribution in [0.2, 0.25) is 0 Å². The summed E-state index contributed by atoms with van der Waals surface area (Å²) in [7, 11) is 0. The molecule has 4 heteroatoms. The summed E-state index contributed by atoms with van der Waals surface area (Å²) in [5.41, 5.74) is 2.22. The maximum Gasteiger partial charge on any atom is 0.335 e. The molecule has 4 nitrogen and oxygen atoms in total. The summed E-state index contributed by atoms with van der Waals surface area (Å²) in [6, 6.07) is 16.5. The Hall–Kier alpha value is -2.46. The molecule has 0 aliphatic carbocycles. The van der Waals surface area contributed by atoms with Crippen LogP contribution in [0.5, 0.6) is 0 Å². The van der Waals surface area contributed by atoms with Crippen LogP contribution in [-0.2, 0) is 6.54 Å². The minimum atomic E-state index is -0.901. The van der Waals surface area contributed by atoms with E-state index in [0.29, 0.717) is 5.56 Å². The summed E-state index contributed by atoms with van der Waals surface area (Å²) < 4.78 is 0. The maximum absolute atomic E-state index is 12.5. The lowest BCUT2D eigenvalue weighted by Gasteiger charge is -2.31. The van der Waals surface area contributed by atoms with Crippen molar-refractivity contribution in [3.63, 3.8) is 0 Å². The number of piperidine rings is 1. The van der Waals surface area contributed by atoms with Gasteiger partial charge in [-0.15, -0.1) is 0 Å². The SMILES string of the molecule is O=C(O)c1ccc(CN2CCC(C(=O)c3ccccc3)CC2)cc1. The van der Waals surface area contributed by atoms with E-state index in [1.807, 2.05) is 42.5 Å². The Morgan fingerprint density at radius 1 is 0.917 bits per heavy atom. The van der Waals surface area contributed by atoms with Gasteiger partial charge in [0.05, 0.1) is 5.56 Å². The van der Waals surface area contributed by atoms with Crippen molar-refractivity contribution in [3.05, 3.63) is 71.3 Å². The molecule has 0 radical (unpaired) electrons. The molecule has 0 saturated carbocycles. The highest BCUT2D eigenvalue weighted by molar-refractivity contribution is 5.97. The highest BCUT2D eigenvalue weighted by atomic mass is 16.4. The van der Waals surface area contributed by atoms with Crippen molar-refractivity contribution in [2.45, 2.75) is 19.4 Å². The molecule has 1 fully saturated rings. The number of carbonyl (C=O) groups excluding carboxylic acids is 1. The van der Waals surface area contributed by atoms with E-state index >= 15 is 0 Å². The lowest BCUT2D eigenvalue weighted by Crippen LogP contribution is -2.35. The largest absolute Gasteiger partial charge is 0.478 e. The Morgan fingerprint density at radius 2 is 1.54 bits per heavy atom. The van der Waals surface area contributed by atoms with Crippen LogP contribution in [0, 0.1) is 5.92 Å². The molecule has 3 rings (SSSR count). The molecule has 1 aliphatic rings. The van der Waals surface area contributed by atoms with Gasteiger partial charge in [0.15, 0.2) is 5.78 Å². The number of carboxylic acid groups (broad SMARTS) is 1. The summed E-state index contributed by atoms with van der Waals surface area (Å²) in [4.78, 5) is 25.7. The summed E-state index contributed by atoms with van der Waals surface area (Å²) in [5.74, 6) is -0.541. The summed E-state index contributed by atoms with van der Waals surface area (Å²) in [6.07, 6.45) is 1.75. The molecule has 124 valence electrons. The zero-order chi connectivity index (χ0) is 16.9. The van der Waals surface area contributed by atoms with Crippen molar-refractivity contribution in [2.75, 3.05) is 13.1 Å². The second kappa shape index (κ2) is 7.41. The number of rotatable bonds is 5. The van der Waals surface area contributed by atoms with E-state index in [1.165, 1.54) is 0 Å². The first-order chi connectivity index (χ1) is 11.6. The standard InChI is InChI=1S/C20H21NO3/c22-19(16-4-2-1-3-5-16)17-10-12-21(13-11-17)14-15-6-8-18(9-7-15)20(23)24/h1-9,17H,10-14H2,(H,23,24). The molecule has 2 aromatic rings. The number of Topliss-reactive ketones (excluding diaryl/α,β-unsaturated/α-hetero) is 1. The molecule has 0 unspecified atom stereocenters. The molecular formula is C20H21NO3. The minimum absolute atomic E-state index is 0.109. The first-order valence-corrected chi connectivity index (χ1v) is 8.27. The molecule has 1 N–H and O–H groups in total. The molecular weight excluding hydrogens is 302 g/mol. The molecule has 0 atom stereocenters. The van der Waals surface area contributed by atoms with Crippen molar-refractivity contribution >= 4 is 11.8 Å². The zero-order valence-electron chi connectivity index (χ0n) is 13.5. The van der Waals surface area contributed by atoms with E-state index in [2.05, 4.69) is 4.90 Å². The van der Waals surface area contributed by atoms with Gasteiger partial charge in [0.2, 0.25) is 0 Å². The van der Waals surface area contributed by atoms with Gasteiger partial charge in [-0.2, -0.15) is 0 Å². The Kier molecular flexibility index (Phi) is 5.06. The fourth-order valence-electron chi connectivity index (χ4n) is 3.20. The third kappa shape index (κ3) is 3.89. The van der Waals surface area contributed by atoms with Gasteiger partial charge in [-0.05, 0) is 43.6 Å². The number of hydrogen-bond acceptors (Lipinski definition) is 3. The van der Waals surface area contributed by atoms with Crippen LogP contribution < -0.4 is 0 Å². The third-order valence-corrected chi connectivity index (χ3v) is 4.62. The number of likely N-dealkylation sites (tertiary alicyclic amines) is 1. The van der Waals surface area contributed by atoms with Gasteiger partial charge in [-0.1, -0.05) is 42.5 Å². The molecule has 1 heterocycles. The predicted molar refractivity (Wildman–Crippen MR) is 92.2 cm³/mol. The number of nitrogens with zero attached hydrogens (tertiary/aromatic N) is 1. The van der Waals surface area contributed by atoms with Gasteiger partial charge in [0.1, 0.15) is 0 Å². The highest BCUT2D eigenvalue weighted by Gasteiger charge is 2.25. The number of carbonyl (C=O) groups is 2. The molecule has 0 spiro atoms. The van der Waals surface area contributed by atoms with Gasteiger partial charge < -0.3 is 5.11 Å². The summed E-state index contributed by atoms with van der Waals surface area (Å²) in [5, 5.41) is 8.93. The minimum Gasteiger partial charge on any atom is -0.478 e. The molecule has 1 saturated heterocycles. The average Bonchev–Trinajstić information content (AvgIpc) is 2.63. The Bertz CT molecular complexity index is 701. The van der Waals surface area contributed by atoms with Crippen LogP contribution in [0.3, 0.4) is 0 Å². The van der Waals surface area contributed by atoms with Crippen molar-refractivity contribution < 1.29 is 14.7 Å². The highest BCUT2D eigenvalue weighted by Crippen LogP contribution is 2.23. The Labute approximate surface area is 141 Å². The van der Waals surface area contributed by atoms with E-state index < -0.39 is 5.97 Å². The van der Waals surface area contributed by atoms with Crippen molar-refractivity contribution in [1.29, 1.82) is 0 Å². The quantitative estimate of drug-likeness (QED) is 0.856. The van der Waals surface area contributed by atoms with E-state index in [1.54, 1.807) is 12.1 Å². The first kappa shape index (κ1) is 16.4. The number of aromatic carboxylic acids is 1. The van der Waals surface area contributed by atoms with Gasteiger partial charge in [-0.25, -0.2) is 4.79 Å². The van der Waals surface area contributed by atoms with Crippen LogP contribution in [-0.4, -0.2) is 34.8 Å². The summed E-state index contributed by atoms with van der Waals surface area (Å²) in [6.45, 7) is 2.58. The van der Waals surface area contributed by atoms with Gasteiger partial charge in [-0.3, -0.25) is 9.69 Å².